The van der Waals surface area contributed by atoms with Crippen molar-refractivity contribution in [1.29, 1.82) is 5.26 Å². The van der Waals surface area contributed by atoms with Crippen molar-refractivity contribution in [2.75, 3.05) is 25.5 Å². The van der Waals surface area contributed by atoms with Gasteiger partial charge in [0.15, 0.2) is 5.17 Å². The zero-order valence-electron chi connectivity index (χ0n) is 17.1. The highest BCUT2D eigenvalue weighted by molar-refractivity contribution is 8.15. The molecule has 9 heteroatoms. The summed E-state index contributed by atoms with van der Waals surface area (Å²) in [4.78, 5) is 44.7. The van der Waals surface area contributed by atoms with Crippen LogP contribution in [0.2, 0.25) is 0 Å². The van der Waals surface area contributed by atoms with Gasteiger partial charge in [-0.3, -0.25) is 14.4 Å². The van der Waals surface area contributed by atoms with Gasteiger partial charge in [0.2, 0.25) is 5.91 Å². The second kappa shape index (κ2) is 9.76. The number of anilines is 1. The number of amidine groups is 1. The highest BCUT2D eigenvalue weighted by atomic mass is 32.2. The first-order valence-corrected chi connectivity index (χ1v) is 10.8. The molecule has 0 spiro atoms. The molecule has 2 atom stereocenters. The lowest BCUT2D eigenvalue weighted by Crippen LogP contribution is -2.34. The number of nitriles is 1. The number of nitrogens with zero attached hydrogens (tertiary/aromatic N) is 4. The van der Waals surface area contributed by atoms with E-state index in [9.17, 15) is 14.4 Å². The minimum atomic E-state index is -0.489. The van der Waals surface area contributed by atoms with E-state index in [2.05, 4.69) is 21.3 Å². The van der Waals surface area contributed by atoms with E-state index in [1.54, 1.807) is 31.3 Å². The first kappa shape index (κ1) is 21.8. The average Bonchev–Trinajstić information content (AvgIpc) is 3.38. The summed E-state index contributed by atoms with van der Waals surface area (Å²) in [5.74, 6) is -0.708. The number of carbonyl (C=O) groups excluding carboxylic acids is 3. The molecule has 3 amide bonds. The van der Waals surface area contributed by atoms with Gasteiger partial charge in [0, 0.05) is 43.9 Å². The SMILES string of the molecule is CC(CC#N)N(C)C(=O)c1ccc(NC(=O)CC2SC(N3CCCC3)=NC2=O)cc1. The van der Waals surface area contributed by atoms with Crippen LogP contribution in [-0.4, -0.2) is 64.1 Å². The molecule has 0 aliphatic carbocycles. The molecule has 8 nitrogen and oxygen atoms in total. The summed E-state index contributed by atoms with van der Waals surface area (Å²) in [6.07, 6.45) is 2.52. The van der Waals surface area contributed by atoms with Crippen molar-refractivity contribution in [2.24, 2.45) is 4.99 Å². The lowest BCUT2D eigenvalue weighted by molar-refractivity contribution is -0.121. The van der Waals surface area contributed by atoms with E-state index >= 15 is 0 Å². The first-order valence-electron chi connectivity index (χ1n) is 9.97. The maximum atomic E-state index is 12.5. The maximum absolute atomic E-state index is 12.5. The number of carbonyl (C=O) groups is 3. The molecule has 2 aliphatic rings. The molecule has 1 fully saturated rings. The molecule has 1 aromatic rings. The highest BCUT2D eigenvalue weighted by Crippen LogP contribution is 2.29. The van der Waals surface area contributed by atoms with Crippen molar-refractivity contribution in [1.82, 2.24) is 9.80 Å². The van der Waals surface area contributed by atoms with Crippen LogP contribution >= 0.6 is 11.8 Å². The Morgan fingerprint density at radius 2 is 2.00 bits per heavy atom. The van der Waals surface area contributed by atoms with E-state index in [0.717, 1.165) is 31.1 Å². The lowest BCUT2D eigenvalue weighted by Gasteiger charge is -2.23. The van der Waals surface area contributed by atoms with Crippen LogP contribution in [0.3, 0.4) is 0 Å². The van der Waals surface area contributed by atoms with Crippen LogP contribution in [-0.2, 0) is 9.59 Å². The van der Waals surface area contributed by atoms with E-state index < -0.39 is 5.25 Å². The molecule has 2 unspecified atom stereocenters. The first-order chi connectivity index (χ1) is 14.4. The van der Waals surface area contributed by atoms with Gasteiger partial charge in [-0.05, 0) is 44.0 Å². The third-order valence-electron chi connectivity index (χ3n) is 5.26. The molecule has 0 bridgehead atoms. The summed E-state index contributed by atoms with van der Waals surface area (Å²) >= 11 is 1.36. The van der Waals surface area contributed by atoms with Gasteiger partial charge in [0.25, 0.3) is 11.8 Å². The predicted octanol–water partition coefficient (Wildman–Crippen LogP) is 2.48. The number of aliphatic imine (C=N–C) groups is 1. The summed E-state index contributed by atoms with van der Waals surface area (Å²) < 4.78 is 0. The summed E-state index contributed by atoms with van der Waals surface area (Å²) in [5, 5.41) is 11.8. The van der Waals surface area contributed by atoms with E-state index in [1.165, 1.54) is 16.7 Å². The van der Waals surface area contributed by atoms with E-state index in [0.29, 0.717) is 11.3 Å². The number of amides is 3. The Balaban J connectivity index is 1.52. The molecule has 2 aliphatic heterocycles. The van der Waals surface area contributed by atoms with Crippen LogP contribution in [0, 0.1) is 11.3 Å². The number of thioether (sulfide) groups is 1. The average molecular weight is 428 g/mol. The number of nitrogens with one attached hydrogen (secondary N) is 1. The standard InChI is InChI=1S/C21H25N5O3S/c1-14(9-10-22)25(2)20(29)15-5-7-16(8-6-15)23-18(27)13-17-19(28)24-21(30-17)26-11-3-4-12-26/h5-8,14,17H,3-4,9,11-13H2,1-2H3,(H,23,27). The van der Waals surface area contributed by atoms with Crippen molar-refractivity contribution in [3.63, 3.8) is 0 Å². The molecule has 1 saturated heterocycles. The Morgan fingerprint density at radius 3 is 2.63 bits per heavy atom. The predicted molar refractivity (Wildman–Crippen MR) is 116 cm³/mol. The smallest absolute Gasteiger partial charge is 0.262 e. The number of hydrogen-bond acceptors (Lipinski definition) is 6. The fourth-order valence-electron chi connectivity index (χ4n) is 3.30. The van der Waals surface area contributed by atoms with Crippen molar-refractivity contribution in [3.05, 3.63) is 29.8 Å². The van der Waals surface area contributed by atoms with Crippen LogP contribution in [0.4, 0.5) is 5.69 Å². The van der Waals surface area contributed by atoms with Crippen molar-refractivity contribution in [2.45, 2.75) is 43.9 Å². The van der Waals surface area contributed by atoms with Gasteiger partial charge in [0.05, 0.1) is 12.5 Å². The fraction of sp³-hybridized carbons (Fsp3) is 0.476. The molecule has 0 saturated carbocycles. The van der Waals surface area contributed by atoms with Crippen LogP contribution in [0.5, 0.6) is 0 Å². The zero-order valence-corrected chi connectivity index (χ0v) is 17.9. The Bertz CT molecular complexity index is 887. The fourth-order valence-corrected chi connectivity index (χ4v) is 4.42. The van der Waals surface area contributed by atoms with Gasteiger partial charge >= 0.3 is 0 Å². The van der Waals surface area contributed by atoms with Gasteiger partial charge in [0.1, 0.15) is 5.25 Å². The van der Waals surface area contributed by atoms with Gasteiger partial charge in [-0.2, -0.15) is 10.3 Å². The molecule has 30 heavy (non-hydrogen) atoms. The molecule has 2 heterocycles. The minimum absolute atomic E-state index is 0.0550. The topological polar surface area (TPSA) is 106 Å². The normalized spacial score (nSPS) is 19.2. The van der Waals surface area contributed by atoms with E-state index in [1.807, 2.05) is 6.92 Å². The van der Waals surface area contributed by atoms with Crippen molar-refractivity contribution < 1.29 is 14.4 Å². The van der Waals surface area contributed by atoms with Gasteiger partial charge in [-0.25, -0.2) is 0 Å². The molecular formula is C21H25N5O3S. The molecular weight excluding hydrogens is 402 g/mol. The maximum Gasteiger partial charge on any atom is 0.262 e. The summed E-state index contributed by atoms with van der Waals surface area (Å²) in [7, 11) is 1.66. The second-order valence-corrected chi connectivity index (χ2v) is 8.66. The summed E-state index contributed by atoms with van der Waals surface area (Å²) in [6, 6.07) is 8.46. The van der Waals surface area contributed by atoms with Gasteiger partial charge in [-0.1, -0.05) is 11.8 Å². The second-order valence-electron chi connectivity index (χ2n) is 7.49. The largest absolute Gasteiger partial charge is 0.351 e. The summed E-state index contributed by atoms with van der Waals surface area (Å²) in [6.45, 7) is 3.64. The monoisotopic (exact) mass is 427 g/mol. The third-order valence-corrected chi connectivity index (χ3v) is 6.47. The Labute approximate surface area is 180 Å². The van der Waals surface area contributed by atoms with Crippen LogP contribution in [0.25, 0.3) is 0 Å². The molecule has 158 valence electrons. The Kier molecular flexibility index (Phi) is 7.11. The zero-order chi connectivity index (χ0) is 21.7. The van der Waals surface area contributed by atoms with Crippen molar-refractivity contribution >= 4 is 40.3 Å². The van der Waals surface area contributed by atoms with E-state index in [4.69, 9.17) is 5.26 Å². The van der Waals surface area contributed by atoms with Gasteiger partial charge in [-0.15, -0.1) is 0 Å². The van der Waals surface area contributed by atoms with E-state index in [-0.39, 0.29) is 36.6 Å². The molecule has 1 aromatic carbocycles. The molecule has 0 radical (unpaired) electrons. The molecule has 1 N–H and O–H groups in total. The van der Waals surface area contributed by atoms with Crippen LogP contribution in [0.1, 0.15) is 43.0 Å². The Hall–Kier alpha value is -2.86. The number of rotatable bonds is 6. The number of hydrogen-bond donors (Lipinski definition) is 1. The van der Waals surface area contributed by atoms with Crippen molar-refractivity contribution in [3.8, 4) is 6.07 Å². The highest BCUT2D eigenvalue weighted by Gasteiger charge is 2.33. The van der Waals surface area contributed by atoms with Crippen LogP contribution in [0.15, 0.2) is 29.3 Å². The van der Waals surface area contributed by atoms with Gasteiger partial charge < -0.3 is 15.1 Å². The number of benzene rings is 1. The van der Waals surface area contributed by atoms with Crippen LogP contribution < -0.4 is 5.32 Å². The minimum Gasteiger partial charge on any atom is -0.351 e. The lowest BCUT2D eigenvalue weighted by atomic mass is 10.1. The molecule has 0 aromatic heterocycles. The molecule has 3 rings (SSSR count). The Morgan fingerprint density at radius 1 is 1.33 bits per heavy atom. The summed E-state index contributed by atoms with van der Waals surface area (Å²) in [5.41, 5.74) is 1.03. The quantitative estimate of drug-likeness (QED) is 0.748. The number of likely N-dealkylation sites (tertiary alicyclic amines) is 1. The third kappa shape index (κ3) is 5.19.